The third-order valence-electron chi connectivity index (χ3n) is 2.34. The number of phenols is 1. The highest BCUT2D eigenvalue weighted by molar-refractivity contribution is 5.58. The first kappa shape index (κ1) is 11.7. The van der Waals surface area contributed by atoms with Crippen LogP contribution in [-0.4, -0.2) is 18.8 Å². The molecule has 0 heterocycles. The zero-order valence-corrected chi connectivity index (χ0v) is 9.63. The van der Waals surface area contributed by atoms with E-state index < -0.39 is 0 Å². The summed E-state index contributed by atoms with van der Waals surface area (Å²) in [6.07, 6.45) is 1.82. The molecule has 2 N–H and O–H groups in total. The van der Waals surface area contributed by atoms with Crippen molar-refractivity contribution in [3.05, 3.63) is 17.7 Å². The van der Waals surface area contributed by atoms with Crippen molar-refractivity contribution in [3.8, 4) is 11.5 Å². The summed E-state index contributed by atoms with van der Waals surface area (Å²) in [6, 6.07) is 3.67. The number of aromatic hydroxyl groups is 1. The second kappa shape index (κ2) is 5.49. The van der Waals surface area contributed by atoms with Crippen LogP contribution in [-0.2, 0) is 6.42 Å². The van der Waals surface area contributed by atoms with Gasteiger partial charge in [-0.25, -0.2) is 0 Å². The number of anilines is 1. The molecule has 0 aromatic heterocycles. The summed E-state index contributed by atoms with van der Waals surface area (Å²) in [5.41, 5.74) is 1.77. The second-order valence-electron chi connectivity index (χ2n) is 3.46. The first-order chi connectivity index (χ1) is 7.22. The first-order valence-electron chi connectivity index (χ1n) is 5.36. The fraction of sp³-hybridized carbons (Fsp3) is 0.500. The van der Waals surface area contributed by atoms with Crippen molar-refractivity contribution in [3.63, 3.8) is 0 Å². The Bertz CT molecular complexity index is 324. The smallest absolute Gasteiger partial charge is 0.127 e. The zero-order valence-electron chi connectivity index (χ0n) is 9.63. The van der Waals surface area contributed by atoms with Crippen LogP contribution in [0.15, 0.2) is 12.1 Å². The number of ether oxygens (including phenoxy) is 1. The number of hydrogen-bond acceptors (Lipinski definition) is 3. The van der Waals surface area contributed by atoms with Gasteiger partial charge in [0.05, 0.1) is 7.11 Å². The van der Waals surface area contributed by atoms with E-state index in [-0.39, 0.29) is 0 Å². The van der Waals surface area contributed by atoms with Crippen molar-refractivity contribution in [2.24, 2.45) is 0 Å². The molecule has 0 spiro atoms. The Morgan fingerprint density at radius 3 is 2.60 bits per heavy atom. The van der Waals surface area contributed by atoms with E-state index in [1.807, 2.05) is 13.0 Å². The molecule has 0 aliphatic carbocycles. The van der Waals surface area contributed by atoms with Gasteiger partial charge < -0.3 is 15.2 Å². The van der Waals surface area contributed by atoms with E-state index in [0.29, 0.717) is 5.75 Å². The number of benzene rings is 1. The summed E-state index contributed by atoms with van der Waals surface area (Å²) in [5, 5.41) is 13.0. The Morgan fingerprint density at radius 1 is 1.33 bits per heavy atom. The zero-order chi connectivity index (χ0) is 11.3. The van der Waals surface area contributed by atoms with Crippen molar-refractivity contribution >= 4 is 5.69 Å². The largest absolute Gasteiger partial charge is 0.507 e. The Morgan fingerprint density at radius 2 is 2.07 bits per heavy atom. The highest BCUT2D eigenvalue weighted by Gasteiger charge is 2.08. The van der Waals surface area contributed by atoms with Gasteiger partial charge in [0, 0.05) is 29.9 Å². The van der Waals surface area contributed by atoms with Crippen molar-refractivity contribution in [2.45, 2.75) is 26.7 Å². The Hall–Kier alpha value is -1.38. The van der Waals surface area contributed by atoms with E-state index in [1.54, 1.807) is 13.2 Å². The summed E-state index contributed by atoms with van der Waals surface area (Å²) >= 11 is 0. The first-order valence-corrected chi connectivity index (χ1v) is 5.36. The van der Waals surface area contributed by atoms with Crippen LogP contribution in [0.1, 0.15) is 25.8 Å². The molecule has 84 valence electrons. The number of nitrogens with one attached hydrogen (secondary N) is 1. The van der Waals surface area contributed by atoms with Gasteiger partial charge in [0.2, 0.25) is 0 Å². The van der Waals surface area contributed by atoms with E-state index in [0.717, 1.165) is 36.4 Å². The molecule has 0 aliphatic heterocycles. The normalized spacial score (nSPS) is 10.1. The molecule has 0 aliphatic rings. The fourth-order valence-electron chi connectivity index (χ4n) is 1.54. The lowest BCUT2D eigenvalue weighted by atomic mass is 10.1. The Balaban J connectivity index is 2.97. The summed E-state index contributed by atoms with van der Waals surface area (Å²) in [5.74, 6) is 1.05. The molecule has 0 amide bonds. The van der Waals surface area contributed by atoms with Crippen LogP contribution in [0.4, 0.5) is 5.69 Å². The molecule has 1 aromatic carbocycles. The van der Waals surface area contributed by atoms with Gasteiger partial charge in [0.25, 0.3) is 0 Å². The monoisotopic (exact) mass is 209 g/mol. The average molecular weight is 209 g/mol. The van der Waals surface area contributed by atoms with Crippen LogP contribution in [0.3, 0.4) is 0 Å². The van der Waals surface area contributed by atoms with Crippen molar-refractivity contribution in [1.82, 2.24) is 0 Å². The summed E-state index contributed by atoms with van der Waals surface area (Å²) in [7, 11) is 1.62. The molecular weight excluding hydrogens is 190 g/mol. The van der Waals surface area contributed by atoms with Gasteiger partial charge in [-0.1, -0.05) is 13.8 Å². The molecule has 0 unspecified atom stereocenters. The fourth-order valence-corrected chi connectivity index (χ4v) is 1.54. The third kappa shape index (κ3) is 2.78. The van der Waals surface area contributed by atoms with Crippen molar-refractivity contribution in [2.75, 3.05) is 19.0 Å². The molecule has 0 saturated heterocycles. The summed E-state index contributed by atoms with van der Waals surface area (Å²) < 4.78 is 5.24. The maximum atomic E-state index is 9.78. The minimum absolute atomic E-state index is 0.301. The second-order valence-corrected chi connectivity index (χ2v) is 3.46. The van der Waals surface area contributed by atoms with Crippen LogP contribution in [0.25, 0.3) is 0 Å². The van der Waals surface area contributed by atoms with Crippen molar-refractivity contribution in [1.29, 1.82) is 0 Å². The van der Waals surface area contributed by atoms with Crippen LogP contribution >= 0.6 is 0 Å². The van der Waals surface area contributed by atoms with E-state index in [2.05, 4.69) is 12.2 Å². The van der Waals surface area contributed by atoms with Crippen LogP contribution in [0.2, 0.25) is 0 Å². The molecule has 1 aromatic rings. The maximum Gasteiger partial charge on any atom is 0.127 e. The predicted molar refractivity (Wildman–Crippen MR) is 62.8 cm³/mol. The van der Waals surface area contributed by atoms with Gasteiger partial charge in [0.15, 0.2) is 0 Å². The molecule has 0 fully saturated rings. The van der Waals surface area contributed by atoms with Gasteiger partial charge in [-0.15, -0.1) is 0 Å². The van der Waals surface area contributed by atoms with Gasteiger partial charge >= 0.3 is 0 Å². The number of methoxy groups -OCH3 is 1. The molecule has 0 atom stereocenters. The van der Waals surface area contributed by atoms with E-state index in [9.17, 15) is 5.11 Å². The lowest BCUT2D eigenvalue weighted by molar-refractivity contribution is 0.400. The van der Waals surface area contributed by atoms with Crippen LogP contribution < -0.4 is 10.1 Å². The van der Waals surface area contributed by atoms with Crippen LogP contribution in [0, 0.1) is 0 Å². The standard InChI is InChI=1S/C12H19NO2/c1-4-6-13-9-7-11(14)10(5-2)12(8-9)15-3/h7-8,13-14H,4-6H2,1-3H3. The van der Waals surface area contributed by atoms with Gasteiger partial charge in [-0.3, -0.25) is 0 Å². The minimum Gasteiger partial charge on any atom is -0.507 e. The Labute approximate surface area is 91.1 Å². The molecule has 3 heteroatoms. The SMILES string of the molecule is CCCNc1cc(O)c(CC)c(OC)c1. The quantitative estimate of drug-likeness (QED) is 0.783. The van der Waals surface area contributed by atoms with E-state index in [1.165, 1.54) is 0 Å². The topological polar surface area (TPSA) is 41.5 Å². The molecule has 3 nitrogen and oxygen atoms in total. The lowest BCUT2D eigenvalue weighted by Gasteiger charge is -2.12. The molecule has 15 heavy (non-hydrogen) atoms. The molecule has 1 rings (SSSR count). The van der Waals surface area contributed by atoms with Gasteiger partial charge in [-0.05, 0) is 12.8 Å². The summed E-state index contributed by atoms with van der Waals surface area (Å²) in [6.45, 7) is 5.00. The molecular formula is C12H19NO2. The minimum atomic E-state index is 0.301. The molecule has 0 radical (unpaired) electrons. The summed E-state index contributed by atoms with van der Waals surface area (Å²) in [4.78, 5) is 0. The average Bonchev–Trinajstić information content (AvgIpc) is 2.25. The number of rotatable bonds is 5. The highest BCUT2D eigenvalue weighted by Crippen LogP contribution is 2.32. The molecule has 0 saturated carbocycles. The number of hydrogen-bond donors (Lipinski definition) is 2. The molecule has 0 bridgehead atoms. The van der Waals surface area contributed by atoms with E-state index >= 15 is 0 Å². The van der Waals surface area contributed by atoms with E-state index in [4.69, 9.17) is 4.74 Å². The lowest BCUT2D eigenvalue weighted by Crippen LogP contribution is -2.01. The number of phenolic OH excluding ortho intramolecular Hbond substituents is 1. The van der Waals surface area contributed by atoms with Gasteiger partial charge in [-0.2, -0.15) is 0 Å². The van der Waals surface area contributed by atoms with Crippen LogP contribution in [0.5, 0.6) is 11.5 Å². The maximum absolute atomic E-state index is 9.78. The Kier molecular flexibility index (Phi) is 4.28. The van der Waals surface area contributed by atoms with Gasteiger partial charge in [0.1, 0.15) is 11.5 Å². The third-order valence-corrected chi connectivity index (χ3v) is 2.34. The predicted octanol–water partition coefficient (Wildman–Crippen LogP) is 2.79. The highest BCUT2D eigenvalue weighted by atomic mass is 16.5. The van der Waals surface area contributed by atoms with Crippen molar-refractivity contribution < 1.29 is 9.84 Å².